The van der Waals surface area contributed by atoms with Gasteiger partial charge in [0.2, 0.25) is 0 Å². The lowest BCUT2D eigenvalue weighted by atomic mass is 9.55. The predicted molar refractivity (Wildman–Crippen MR) is 110 cm³/mol. The summed E-state index contributed by atoms with van der Waals surface area (Å²) in [5, 5.41) is 0. The number of hydrogen-bond acceptors (Lipinski definition) is 4. The molecule has 1 aromatic carbocycles. The Morgan fingerprint density at radius 3 is 2.86 bits per heavy atom. The summed E-state index contributed by atoms with van der Waals surface area (Å²) in [6.07, 6.45) is 7.65. The van der Waals surface area contributed by atoms with Gasteiger partial charge in [-0.2, -0.15) is 0 Å². The van der Waals surface area contributed by atoms with E-state index in [1.54, 1.807) is 6.20 Å². The molecule has 1 aromatic heterocycles. The molecule has 2 saturated carbocycles. The van der Waals surface area contributed by atoms with Crippen molar-refractivity contribution in [3.63, 3.8) is 0 Å². The summed E-state index contributed by atoms with van der Waals surface area (Å²) in [7, 11) is 0. The van der Waals surface area contributed by atoms with Crippen molar-refractivity contribution in [1.82, 2.24) is 4.98 Å². The molecule has 0 spiro atoms. The molecule has 0 bridgehead atoms. The summed E-state index contributed by atoms with van der Waals surface area (Å²) in [5.74, 6) is 2.34. The van der Waals surface area contributed by atoms with E-state index in [9.17, 15) is 9.59 Å². The van der Waals surface area contributed by atoms with E-state index in [1.807, 2.05) is 31.2 Å². The molecule has 5 rings (SSSR count). The van der Waals surface area contributed by atoms with Crippen molar-refractivity contribution < 1.29 is 14.3 Å². The zero-order chi connectivity index (χ0) is 20.2. The van der Waals surface area contributed by atoms with Gasteiger partial charge in [-0.15, -0.1) is 0 Å². The molecule has 29 heavy (non-hydrogen) atoms. The van der Waals surface area contributed by atoms with Crippen LogP contribution in [-0.4, -0.2) is 16.7 Å². The van der Waals surface area contributed by atoms with Gasteiger partial charge in [0.15, 0.2) is 5.69 Å². The molecule has 2 fully saturated rings. The van der Waals surface area contributed by atoms with E-state index >= 15 is 0 Å². The van der Waals surface area contributed by atoms with Crippen LogP contribution in [0, 0.1) is 24.2 Å². The van der Waals surface area contributed by atoms with Gasteiger partial charge in [-0.3, -0.25) is 4.79 Å². The van der Waals surface area contributed by atoms with Crippen LogP contribution in [0.4, 0.5) is 0 Å². The molecule has 0 amide bonds. The molecule has 0 saturated heterocycles. The van der Waals surface area contributed by atoms with Crippen LogP contribution in [0.2, 0.25) is 0 Å². The van der Waals surface area contributed by atoms with Gasteiger partial charge in [-0.25, -0.2) is 9.78 Å². The van der Waals surface area contributed by atoms with Crippen molar-refractivity contribution in [1.29, 1.82) is 0 Å². The van der Waals surface area contributed by atoms with Gasteiger partial charge in [0, 0.05) is 18.0 Å². The highest BCUT2D eigenvalue weighted by atomic mass is 16.5. The van der Waals surface area contributed by atoms with E-state index < -0.39 is 5.97 Å². The normalized spacial score (nSPS) is 30.3. The number of carbonyl (C=O) groups excluding carboxylic acids is 2. The Bertz CT molecular complexity index is 997. The van der Waals surface area contributed by atoms with Crippen LogP contribution in [0.25, 0.3) is 0 Å². The lowest BCUT2D eigenvalue weighted by Crippen LogP contribution is -2.42. The van der Waals surface area contributed by atoms with Crippen molar-refractivity contribution >= 4 is 11.8 Å². The maximum Gasteiger partial charge on any atom is 0.362 e. The van der Waals surface area contributed by atoms with Gasteiger partial charge in [-0.1, -0.05) is 19.1 Å². The van der Waals surface area contributed by atoms with E-state index in [4.69, 9.17) is 4.74 Å². The third-order valence-electron chi connectivity index (χ3n) is 7.82. The van der Waals surface area contributed by atoms with E-state index in [2.05, 4.69) is 18.0 Å². The molecule has 2 aromatic rings. The maximum absolute atomic E-state index is 12.5. The Labute approximate surface area is 171 Å². The zero-order valence-corrected chi connectivity index (χ0v) is 17.1. The monoisotopic (exact) mass is 389 g/mol. The number of esters is 1. The van der Waals surface area contributed by atoms with Crippen LogP contribution in [0.3, 0.4) is 0 Å². The van der Waals surface area contributed by atoms with Crippen LogP contribution in [0.1, 0.15) is 72.1 Å². The van der Waals surface area contributed by atoms with E-state index in [0.29, 0.717) is 35.0 Å². The fourth-order valence-corrected chi connectivity index (χ4v) is 6.25. The molecular weight excluding hydrogens is 362 g/mol. The first-order valence-corrected chi connectivity index (χ1v) is 10.8. The van der Waals surface area contributed by atoms with Crippen LogP contribution in [0.5, 0.6) is 5.75 Å². The SMILES string of the molecule is Cc1cccnc1C(=O)Oc1ccc2c(c1)CC[C@@H]1[C@@H]2CC[C@]2(C)C(=O)CC[C@@H]12. The van der Waals surface area contributed by atoms with E-state index in [0.717, 1.165) is 44.1 Å². The van der Waals surface area contributed by atoms with Gasteiger partial charge >= 0.3 is 5.97 Å². The number of pyridine rings is 1. The minimum absolute atomic E-state index is 0.0886. The molecule has 150 valence electrons. The number of aromatic nitrogens is 1. The minimum Gasteiger partial charge on any atom is -0.422 e. The maximum atomic E-state index is 12.5. The first-order valence-electron chi connectivity index (χ1n) is 10.8. The van der Waals surface area contributed by atoms with Gasteiger partial charge in [-0.05, 0) is 91.7 Å². The number of ketones is 1. The van der Waals surface area contributed by atoms with Gasteiger partial charge < -0.3 is 4.74 Å². The standard InChI is InChI=1S/C25H27NO3/c1-15-4-3-13-26-23(15)24(28)29-17-6-8-18-16(14-17)5-7-20-19(18)11-12-25(2)21(20)9-10-22(25)27/h3-4,6,8,13-14,19-21H,5,7,9-12H2,1-2H3/t19-,20-,21+,25+/m1/s1. The third-order valence-corrected chi connectivity index (χ3v) is 7.82. The first-order chi connectivity index (χ1) is 14.0. The molecule has 3 aliphatic rings. The second kappa shape index (κ2) is 6.79. The molecule has 4 atom stereocenters. The zero-order valence-electron chi connectivity index (χ0n) is 17.1. The lowest BCUT2D eigenvalue weighted by Gasteiger charge is -2.48. The number of carbonyl (C=O) groups is 2. The highest BCUT2D eigenvalue weighted by Crippen LogP contribution is 2.59. The van der Waals surface area contributed by atoms with Crippen molar-refractivity contribution in [3.05, 3.63) is 58.9 Å². The number of hydrogen-bond donors (Lipinski definition) is 0. The van der Waals surface area contributed by atoms with Crippen LogP contribution >= 0.6 is 0 Å². The van der Waals surface area contributed by atoms with Crippen molar-refractivity contribution in [2.24, 2.45) is 17.3 Å². The van der Waals surface area contributed by atoms with Gasteiger partial charge in [0.1, 0.15) is 11.5 Å². The Balaban J connectivity index is 1.38. The average molecular weight is 389 g/mol. The van der Waals surface area contributed by atoms with Crippen LogP contribution < -0.4 is 4.74 Å². The Morgan fingerprint density at radius 2 is 2.03 bits per heavy atom. The largest absolute Gasteiger partial charge is 0.422 e. The first kappa shape index (κ1) is 18.5. The van der Waals surface area contributed by atoms with Gasteiger partial charge in [0.25, 0.3) is 0 Å². The van der Waals surface area contributed by atoms with Crippen molar-refractivity contribution in [3.8, 4) is 5.75 Å². The van der Waals surface area contributed by atoms with Gasteiger partial charge in [0.05, 0.1) is 0 Å². The molecule has 0 aliphatic heterocycles. The molecule has 0 N–H and O–H groups in total. The highest BCUT2D eigenvalue weighted by molar-refractivity contribution is 5.90. The third kappa shape index (κ3) is 2.92. The molecule has 0 unspecified atom stereocenters. The Kier molecular flexibility index (Phi) is 4.34. The number of aryl methyl sites for hydroxylation is 2. The molecule has 4 heteroatoms. The Morgan fingerprint density at radius 1 is 1.17 bits per heavy atom. The molecule has 4 nitrogen and oxygen atoms in total. The number of ether oxygens (including phenoxy) is 1. The average Bonchev–Trinajstić information content (AvgIpc) is 3.02. The number of fused-ring (bicyclic) bond motifs is 5. The second-order valence-electron chi connectivity index (χ2n) is 9.25. The van der Waals surface area contributed by atoms with E-state index in [-0.39, 0.29) is 5.41 Å². The summed E-state index contributed by atoms with van der Waals surface area (Å²) < 4.78 is 5.64. The van der Waals surface area contributed by atoms with Crippen molar-refractivity contribution in [2.75, 3.05) is 0 Å². The fraction of sp³-hybridized carbons (Fsp3) is 0.480. The summed E-state index contributed by atoms with van der Waals surface area (Å²) in [4.78, 5) is 29.1. The molecular formula is C25H27NO3. The fourth-order valence-electron chi connectivity index (χ4n) is 6.25. The summed E-state index contributed by atoms with van der Waals surface area (Å²) in [6.45, 7) is 4.07. The summed E-state index contributed by atoms with van der Waals surface area (Å²) in [6, 6.07) is 9.79. The summed E-state index contributed by atoms with van der Waals surface area (Å²) >= 11 is 0. The van der Waals surface area contributed by atoms with Crippen molar-refractivity contribution in [2.45, 2.75) is 58.3 Å². The number of rotatable bonds is 2. The van der Waals surface area contributed by atoms with Crippen LogP contribution in [-0.2, 0) is 11.2 Å². The van der Waals surface area contributed by atoms with Crippen LogP contribution in [0.15, 0.2) is 36.5 Å². The number of benzene rings is 1. The smallest absolute Gasteiger partial charge is 0.362 e. The highest BCUT2D eigenvalue weighted by Gasteiger charge is 2.54. The van der Waals surface area contributed by atoms with E-state index in [1.165, 1.54) is 11.1 Å². The topological polar surface area (TPSA) is 56.3 Å². The predicted octanol–water partition coefficient (Wildman–Crippen LogP) is 5.03. The second-order valence-corrected chi connectivity index (χ2v) is 9.25. The minimum atomic E-state index is -0.408. The number of Topliss-reactive ketones (excluding diaryl/α,β-unsaturated/α-hetero) is 1. The Hall–Kier alpha value is -2.49. The number of nitrogens with zero attached hydrogens (tertiary/aromatic N) is 1. The molecule has 1 heterocycles. The summed E-state index contributed by atoms with van der Waals surface area (Å²) in [5.41, 5.74) is 3.78. The lowest BCUT2D eigenvalue weighted by molar-refractivity contribution is -0.129. The molecule has 0 radical (unpaired) electrons. The molecule has 3 aliphatic carbocycles. The quantitative estimate of drug-likeness (QED) is 0.534.